The van der Waals surface area contributed by atoms with Crippen molar-refractivity contribution in [3.63, 3.8) is 0 Å². The lowest BCUT2D eigenvalue weighted by Crippen LogP contribution is -2.30. The summed E-state index contributed by atoms with van der Waals surface area (Å²) < 4.78 is 39.8. The number of nitrogens with one attached hydrogen (secondary N) is 1. The molecule has 0 aliphatic heterocycles. The summed E-state index contributed by atoms with van der Waals surface area (Å²) in [7, 11) is 0. The van der Waals surface area contributed by atoms with Crippen LogP contribution in [0.1, 0.15) is 36.8 Å². The lowest BCUT2D eigenvalue weighted by Gasteiger charge is -2.20. The summed E-state index contributed by atoms with van der Waals surface area (Å²) in [5, 5.41) is 6.60. The van der Waals surface area contributed by atoms with Crippen molar-refractivity contribution in [2.45, 2.75) is 45.5 Å². The van der Waals surface area contributed by atoms with Gasteiger partial charge in [-0.05, 0) is 37.5 Å². The van der Waals surface area contributed by atoms with Gasteiger partial charge in [-0.2, -0.15) is 22.7 Å². The van der Waals surface area contributed by atoms with Gasteiger partial charge in [0.05, 0.1) is 0 Å². The number of hydrogen-bond donors (Lipinski definition) is 1. The molecule has 1 saturated carbocycles. The van der Waals surface area contributed by atoms with E-state index in [1.165, 1.54) is 0 Å². The zero-order valence-electron chi connectivity index (χ0n) is 15.9. The van der Waals surface area contributed by atoms with Crippen LogP contribution in [0.15, 0.2) is 30.3 Å². The number of rotatable bonds is 5. The Balaban J connectivity index is 1.56. The minimum atomic E-state index is -4.65. The highest BCUT2D eigenvalue weighted by Crippen LogP contribution is 2.29. The third-order valence-electron chi connectivity index (χ3n) is 4.67. The molecule has 1 aliphatic rings. The van der Waals surface area contributed by atoms with Gasteiger partial charge in [-0.15, -0.1) is 5.10 Å². The number of amides is 1. The first-order valence-corrected chi connectivity index (χ1v) is 9.15. The number of nitrogens with zero attached hydrogens (tertiary/aromatic N) is 5. The molecular formula is C19H19F3N6O. The molecule has 152 valence electrons. The number of aryl methyl sites for hydroxylation is 1. The molecule has 0 spiro atoms. The maximum atomic E-state index is 12.9. The molecule has 7 nitrogen and oxygen atoms in total. The van der Waals surface area contributed by atoms with E-state index in [4.69, 9.17) is 0 Å². The summed E-state index contributed by atoms with van der Waals surface area (Å²) in [6, 6.07) is 9.31. The van der Waals surface area contributed by atoms with Crippen molar-refractivity contribution < 1.29 is 18.0 Å². The van der Waals surface area contributed by atoms with Crippen LogP contribution in [0.5, 0.6) is 0 Å². The summed E-state index contributed by atoms with van der Waals surface area (Å²) >= 11 is 0. The predicted molar refractivity (Wildman–Crippen MR) is 99.5 cm³/mol. The van der Waals surface area contributed by atoms with Crippen LogP contribution in [-0.4, -0.2) is 36.4 Å². The molecule has 2 heterocycles. The summed E-state index contributed by atoms with van der Waals surface area (Å²) in [5.74, 6) is -0.987. The van der Waals surface area contributed by atoms with Crippen molar-refractivity contribution in [3.8, 4) is 0 Å². The van der Waals surface area contributed by atoms with Crippen molar-refractivity contribution in [2.24, 2.45) is 0 Å². The topological polar surface area (TPSA) is 75.4 Å². The lowest BCUT2D eigenvalue weighted by atomic mass is 10.2. The zero-order chi connectivity index (χ0) is 20.8. The highest BCUT2D eigenvalue weighted by Gasteiger charge is 2.37. The highest BCUT2D eigenvalue weighted by atomic mass is 19.4. The Labute approximate surface area is 164 Å². The monoisotopic (exact) mass is 404 g/mol. The van der Waals surface area contributed by atoms with Crippen molar-refractivity contribution >= 4 is 23.2 Å². The van der Waals surface area contributed by atoms with E-state index in [-0.39, 0.29) is 11.7 Å². The van der Waals surface area contributed by atoms with E-state index in [2.05, 4.69) is 20.4 Å². The Morgan fingerprint density at radius 3 is 2.52 bits per heavy atom. The van der Waals surface area contributed by atoms with Crippen molar-refractivity contribution in [1.29, 1.82) is 0 Å². The number of carbonyl (C=O) groups is 1. The van der Waals surface area contributed by atoms with Crippen LogP contribution in [0.4, 0.5) is 24.7 Å². The predicted octanol–water partition coefficient (Wildman–Crippen LogP) is 3.71. The number of halogens is 3. The van der Waals surface area contributed by atoms with E-state index < -0.39 is 12.0 Å². The first-order chi connectivity index (χ1) is 13.7. The van der Waals surface area contributed by atoms with Gasteiger partial charge in [0.1, 0.15) is 5.82 Å². The van der Waals surface area contributed by atoms with Crippen molar-refractivity contribution in [3.05, 3.63) is 47.4 Å². The molecule has 1 N–H and O–H groups in total. The normalized spacial score (nSPS) is 14.2. The van der Waals surface area contributed by atoms with E-state index in [1.54, 1.807) is 19.9 Å². The van der Waals surface area contributed by atoms with Gasteiger partial charge in [0, 0.05) is 37.0 Å². The van der Waals surface area contributed by atoms with Gasteiger partial charge in [-0.3, -0.25) is 4.79 Å². The molecule has 4 rings (SSSR count). The fourth-order valence-electron chi connectivity index (χ4n) is 3.12. The minimum absolute atomic E-state index is 0.0519. The van der Waals surface area contributed by atoms with Crippen molar-refractivity contribution in [1.82, 2.24) is 24.5 Å². The first kappa shape index (κ1) is 19.2. The molecule has 10 heteroatoms. The average Bonchev–Trinajstić information content (AvgIpc) is 3.37. The number of fused-ring (bicyclic) bond motifs is 1. The molecule has 0 radical (unpaired) electrons. The van der Waals surface area contributed by atoms with E-state index >= 15 is 0 Å². The smallest absolute Gasteiger partial charge is 0.340 e. The third-order valence-corrected chi connectivity index (χ3v) is 4.67. The Bertz CT molecular complexity index is 1060. The van der Waals surface area contributed by atoms with Gasteiger partial charge in [0.2, 0.25) is 5.91 Å². The van der Waals surface area contributed by atoms with Crippen LogP contribution < -0.4 is 5.32 Å². The third kappa shape index (κ3) is 4.15. The molecule has 1 aliphatic carbocycles. The molecule has 1 amide bonds. The summed E-state index contributed by atoms with van der Waals surface area (Å²) in [5.41, 5.74) is 2.17. The van der Waals surface area contributed by atoms with Gasteiger partial charge in [0.15, 0.2) is 0 Å². The Morgan fingerprint density at radius 2 is 1.93 bits per heavy atom. The number of alkyl halides is 3. The number of aromatic nitrogens is 4. The van der Waals surface area contributed by atoms with Crippen LogP contribution in [0, 0.1) is 6.92 Å². The van der Waals surface area contributed by atoms with Gasteiger partial charge in [-0.25, -0.2) is 4.98 Å². The van der Waals surface area contributed by atoms with Crippen LogP contribution >= 0.6 is 0 Å². The second-order valence-corrected chi connectivity index (χ2v) is 7.13. The number of hydrogen-bond acceptors (Lipinski definition) is 5. The van der Waals surface area contributed by atoms with Gasteiger partial charge >= 0.3 is 6.18 Å². The number of anilines is 2. The van der Waals surface area contributed by atoms with E-state index in [0.29, 0.717) is 29.8 Å². The molecule has 3 aromatic rings. The van der Waals surface area contributed by atoms with E-state index in [1.807, 2.05) is 29.2 Å². The maximum absolute atomic E-state index is 12.9. The minimum Gasteiger partial charge on any atom is -0.340 e. The zero-order valence-corrected chi connectivity index (χ0v) is 15.9. The number of carbonyl (C=O) groups excluding carboxylic acids is 1. The van der Waals surface area contributed by atoms with Crippen LogP contribution in [0.2, 0.25) is 0 Å². The molecule has 1 aromatic carbocycles. The van der Waals surface area contributed by atoms with Crippen LogP contribution in [0.25, 0.3) is 5.78 Å². The van der Waals surface area contributed by atoms with E-state index in [9.17, 15) is 18.0 Å². The van der Waals surface area contributed by atoms with Crippen molar-refractivity contribution in [2.75, 3.05) is 5.32 Å². The molecular weight excluding hydrogens is 385 g/mol. The highest BCUT2D eigenvalue weighted by molar-refractivity contribution is 5.74. The average molecular weight is 404 g/mol. The second kappa shape index (κ2) is 7.02. The fraction of sp³-hybridized carbons (Fsp3) is 0.368. The molecule has 29 heavy (non-hydrogen) atoms. The molecule has 1 fully saturated rings. The molecule has 0 atom stereocenters. The van der Waals surface area contributed by atoms with E-state index in [0.717, 1.165) is 22.9 Å². The second-order valence-electron chi connectivity index (χ2n) is 7.13. The van der Waals surface area contributed by atoms with Gasteiger partial charge < -0.3 is 10.2 Å². The summed E-state index contributed by atoms with van der Waals surface area (Å²) in [6.07, 6.45) is -2.58. The van der Waals surface area contributed by atoms with Crippen LogP contribution in [-0.2, 0) is 17.5 Å². The lowest BCUT2D eigenvalue weighted by molar-refractivity contribution is -0.144. The summed E-state index contributed by atoms with van der Waals surface area (Å²) in [4.78, 5) is 21.1. The molecule has 0 unspecified atom stereocenters. The fourth-order valence-corrected chi connectivity index (χ4v) is 3.12. The quantitative estimate of drug-likeness (QED) is 0.702. The van der Waals surface area contributed by atoms with Gasteiger partial charge in [0.25, 0.3) is 11.6 Å². The standard InChI is InChI=1S/C19H19F3N6O/c1-11-9-16(28-18(23-11)25-17(26-28)19(20,21)22)24-14-5-3-13(4-6-14)10-27(12(2)29)15-7-8-15/h3-6,9,15,24H,7-8,10H2,1-2H3. The molecule has 0 bridgehead atoms. The summed E-state index contributed by atoms with van der Waals surface area (Å²) in [6.45, 7) is 3.78. The first-order valence-electron chi connectivity index (χ1n) is 9.15. The maximum Gasteiger partial charge on any atom is 0.453 e. The Hall–Kier alpha value is -3.17. The Morgan fingerprint density at radius 1 is 1.24 bits per heavy atom. The Kier molecular flexibility index (Phi) is 4.64. The van der Waals surface area contributed by atoms with Gasteiger partial charge in [-0.1, -0.05) is 12.1 Å². The molecule has 0 saturated heterocycles. The molecule has 2 aromatic heterocycles. The largest absolute Gasteiger partial charge is 0.453 e. The SMILES string of the molecule is CC(=O)N(Cc1ccc(Nc2cc(C)nc3nc(C(F)(F)F)nn23)cc1)C1CC1. The van der Waals surface area contributed by atoms with Crippen LogP contribution in [0.3, 0.4) is 0 Å². The number of benzene rings is 1.